The van der Waals surface area contributed by atoms with E-state index in [4.69, 9.17) is 14.7 Å². The van der Waals surface area contributed by atoms with Crippen LogP contribution in [0.5, 0.6) is 5.75 Å². The van der Waals surface area contributed by atoms with Crippen molar-refractivity contribution >= 4 is 16.7 Å². The van der Waals surface area contributed by atoms with Crippen LogP contribution in [0.15, 0.2) is 30.6 Å². The Labute approximate surface area is 168 Å². The maximum Gasteiger partial charge on any atom is 0.185 e. The van der Waals surface area contributed by atoms with Crippen molar-refractivity contribution in [2.75, 3.05) is 32.8 Å². The summed E-state index contributed by atoms with van der Waals surface area (Å²) in [5.41, 5.74) is 4.71. The van der Waals surface area contributed by atoms with Gasteiger partial charge >= 0.3 is 0 Å². The van der Waals surface area contributed by atoms with Gasteiger partial charge in [-0.25, -0.2) is 14.5 Å². The monoisotopic (exact) mass is 393 g/mol. The molecule has 0 unspecified atom stereocenters. The molecule has 2 N–H and O–H groups in total. The van der Waals surface area contributed by atoms with E-state index in [1.54, 1.807) is 27.9 Å². The molecule has 8 nitrogen and oxygen atoms in total. The number of phenols is 1. The van der Waals surface area contributed by atoms with Gasteiger partial charge in [-0.2, -0.15) is 0 Å². The molecule has 4 aromatic rings. The predicted molar refractivity (Wildman–Crippen MR) is 109 cm³/mol. The van der Waals surface area contributed by atoms with Gasteiger partial charge in [-0.15, -0.1) is 5.10 Å². The van der Waals surface area contributed by atoms with Crippen LogP contribution in [-0.4, -0.2) is 62.1 Å². The fourth-order valence-corrected chi connectivity index (χ4v) is 4.16. The van der Waals surface area contributed by atoms with Gasteiger partial charge in [0.25, 0.3) is 0 Å². The van der Waals surface area contributed by atoms with Crippen molar-refractivity contribution in [2.45, 2.75) is 20.4 Å². The van der Waals surface area contributed by atoms with Gasteiger partial charge in [-0.05, 0) is 31.5 Å². The number of aromatic hydroxyl groups is 1. The number of fused-ring (bicyclic) bond motifs is 3. The normalized spacial score (nSPS) is 15.5. The van der Waals surface area contributed by atoms with E-state index in [1.165, 1.54) is 11.3 Å². The van der Waals surface area contributed by atoms with Gasteiger partial charge < -0.3 is 19.3 Å². The largest absolute Gasteiger partial charge is 0.507 e. The molecule has 0 aliphatic carbocycles. The van der Waals surface area contributed by atoms with Crippen LogP contribution in [-0.2, 0) is 11.3 Å². The van der Waals surface area contributed by atoms with Gasteiger partial charge in [0.1, 0.15) is 30.8 Å². The van der Waals surface area contributed by atoms with Crippen LogP contribution in [0.1, 0.15) is 11.3 Å². The first-order valence-corrected chi connectivity index (χ1v) is 10.0. The van der Waals surface area contributed by atoms with Crippen LogP contribution in [0.3, 0.4) is 0 Å². The first kappa shape index (κ1) is 18.1. The first-order chi connectivity index (χ1) is 14.1. The molecule has 0 bridgehead atoms. The smallest absolute Gasteiger partial charge is 0.185 e. The Kier molecular flexibility index (Phi) is 4.44. The van der Waals surface area contributed by atoms with Crippen LogP contribution in [0.2, 0.25) is 0 Å². The molecule has 1 aliphatic rings. The summed E-state index contributed by atoms with van der Waals surface area (Å²) in [7, 11) is 0. The molecule has 1 fully saturated rings. The summed E-state index contributed by atoms with van der Waals surface area (Å²) in [6, 6.07) is 7.13. The van der Waals surface area contributed by atoms with Gasteiger partial charge in [0.15, 0.2) is 11.5 Å². The zero-order valence-electron chi connectivity index (χ0n) is 16.7. The van der Waals surface area contributed by atoms with Crippen molar-refractivity contribution in [2.24, 2.45) is 0 Å². The van der Waals surface area contributed by atoms with Crippen molar-refractivity contribution in [3.8, 4) is 17.1 Å². The Bertz CT molecular complexity index is 1190. The predicted octanol–water partition coefficient (Wildman–Crippen LogP) is 0.984. The van der Waals surface area contributed by atoms with Crippen molar-refractivity contribution in [1.82, 2.24) is 24.1 Å². The summed E-state index contributed by atoms with van der Waals surface area (Å²) < 4.78 is 9.47. The molecule has 29 heavy (non-hydrogen) atoms. The average molecular weight is 393 g/mol. The molecule has 5 rings (SSSR count). The van der Waals surface area contributed by atoms with Gasteiger partial charge in [-0.1, -0.05) is 12.1 Å². The second kappa shape index (κ2) is 7.13. The Balaban J connectivity index is 1.57. The lowest BCUT2D eigenvalue weighted by Crippen LogP contribution is -3.14. The van der Waals surface area contributed by atoms with E-state index < -0.39 is 0 Å². The van der Waals surface area contributed by atoms with E-state index in [0.717, 1.165) is 56.1 Å². The molecule has 1 aliphatic heterocycles. The van der Waals surface area contributed by atoms with E-state index in [-0.39, 0.29) is 5.75 Å². The molecule has 0 radical (unpaired) electrons. The second-order valence-electron chi connectivity index (χ2n) is 7.64. The molecule has 0 spiro atoms. The minimum Gasteiger partial charge on any atom is -0.507 e. The number of phenolic OH excluding ortho intramolecular Hbond substituents is 1. The number of quaternary nitrogens is 1. The van der Waals surface area contributed by atoms with Gasteiger partial charge in [-0.3, -0.25) is 0 Å². The maximum absolute atomic E-state index is 10.2. The Morgan fingerprint density at radius 2 is 1.93 bits per heavy atom. The number of rotatable bonds is 4. The molecule has 1 saturated heterocycles. The molecule has 8 heteroatoms. The summed E-state index contributed by atoms with van der Waals surface area (Å²) in [6.07, 6.45) is 1.71. The van der Waals surface area contributed by atoms with Crippen molar-refractivity contribution < 1.29 is 14.7 Å². The third-order valence-electron chi connectivity index (χ3n) is 5.98. The Morgan fingerprint density at radius 3 is 2.72 bits per heavy atom. The van der Waals surface area contributed by atoms with Crippen LogP contribution < -0.4 is 4.90 Å². The second-order valence-corrected chi connectivity index (χ2v) is 7.64. The number of nitrogens with zero attached hydrogens (tertiary/aromatic N) is 5. The lowest BCUT2D eigenvalue weighted by Gasteiger charge is -2.24. The minimum atomic E-state index is 0.173. The highest BCUT2D eigenvalue weighted by Gasteiger charge is 2.21. The average Bonchev–Trinajstić information content (AvgIpc) is 3.27. The fraction of sp³-hybridized carbons (Fsp3) is 0.381. The zero-order valence-corrected chi connectivity index (χ0v) is 16.7. The van der Waals surface area contributed by atoms with Crippen LogP contribution in [0.4, 0.5) is 0 Å². The van der Waals surface area contributed by atoms with Crippen LogP contribution in [0.25, 0.3) is 28.1 Å². The number of para-hydroxylation sites is 1. The van der Waals surface area contributed by atoms with E-state index >= 15 is 0 Å². The number of aromatic nitrogens is 5. The number of morpholine rings is 1. The topological polar surface area (TPSA) is 81.9 Å². The van der Waals surface area contributed by atoms with Gasteiger partial charge in [0.05, 0.1) is 37.3 Å². The molecule has 150 valence electrons. The molecular formula is C21H25N6O2+. The van der Waals surface area contributed by atoms with Crippen molar-refractivity contribution in [3.05, 3.63) is 41.9 Å². The SMILES string of the molecule is Cc1c(C)n(CC[NH+]2CCOCC2)c2ncn3nc(-c4ccccc4O)nc3c12. The van der Waals surface area contributed by atoms with Crippen molar-refractivity contribution in [3.63, 3.8) is 0 Å². The highest BCUT2D eigenvalue weighted by Crippen LogP contribution is 2.30. The fourth-order valence-electron chi connectivity index (χ4n) is 4.16. The molecular weight excluding hydrogens is 368 g/mol. The van der Waals surface area contributed by atoms with E-state index in [9.17, 15) is 5.11 Å². The van der Waals surface area contributed by atoms with E-state index in [0.29, 0.717) is 11.4 Å². The quantitative estimate of drug-likeness (QED) is 0.540. The molecule has 0 atom stereocenters. The van der Waals surface area contributed by atoms with Gasteiger partial charge in [0.2, 0.25) is 0 Å². The van der Waals surface area contributed by atoms with E-state index in [2.05, 4.69) is 23.5 Å². The lowest BCUT2D eigenvalue weighted by atomic mass is 10.2. The molecule has 0 saturated carbocycles. The standard InChI is InChI=1S/C21H24N6O2/c1-14-15(2)26(8-7-25-9-11-29-12-10-25)20-18(14)21-23-19(24-27(21)13-22-20)16-5-3-4-6-17(16)28/h3-6,13,28H,7-12H2,1-2H3/p+1. The molecule has 1 aromatic carbocycles. The van der Waals surface area contributed by atoms with E-state index in [1.807, 2.05) is 12.1 Å². The Hall–Kier alpha value is -2.97. The third-order valence-corrected chi connectivity index (χ3v) is 5.98. The third kappa shape index (κ3) is 3.04. The minimum absolute atomic E-state index is 0.173. The molecule has 4 heterocycles. The summed E-state index contributed by atoms with van der Waals surface area (Å²) >= 11 is 0. The number of benzene rings is 1. The number of nitrogens with one attached hydrogen (secondary N) is 1. The van der Waals surface area contributed by atoms with Crippen LogP contribution >= 0.6 is 0 Å². The number of hydrogen-bond donors (Lipinski definition) is 2. The molecule has 0 amide bonds. The zero-order chi connectivity index (χ0) is 20.0. The lowest BCUT2D eigenvalue weighted by molar-refractivity contribution is -0.908. The number of aryl methyl sites for hydroxylation is 1. The first-order valence-electron chi connectivity index (χ1n) is 10.0. The highest BCUT2D eigenvalue weighted by atomic mass is 16.5. The Morgan fingerprint density at radius 1 is 1.14 bits per heavy atom. The summed E-state index contributed by atoms with van der Waals surface area (Å²) in [6.45, 7) is 10.0. The van der Waals surface area contributed by atoms with Crippen molar-refractivity contribution in [1.29, 1.82) is 0 Å². The maximum atomic E-state index is 10.2. The molecule has 3 aromatic heterocycles. The highest BCUT2D eigenvalue weighted by molar-refractivity contribution is 5.94. The number of ether oxygens (including phenoxy) is 1. The summed E-state index contributed by atoms with van der Waals surface area (Å²) in [5.74, 6) is 0.673. The summed E-state index contributed by atoms with van der Waals surface area (Å²) in [4.78, 5) is 11.0. The van der Waals surface area contributed by atoms with Gasteiger partial charge in [0, 0.05) is 5.69 Å². The summed E-state index contributed by atoms with van der Waals surface area (Å²) in [5, 5.41) is 15.8. The van der Waals surface area contributed by atoms with Crippen LogP contribution in [0, 0.1) is 13.8 Å². The number of hydrogen-bond acceptors (Lipinski definition) is 5.